The van der Waals surface area contributed by atoms with Gasteiger partial charge >= 0.3 is 5.97 Å². The van der Waals surface area contributed by atoms with Gasteiger partial charge in [-0.1, -0.05) is 53.0 Å². The number of nitrogens with zero attached hydrogens (tertiary/aromatic N) is 2. The first-order valence-electron chi connectivity index (χ1n) is 8.27. The molecule has 142 valence electrons. The first kappa shape index (κ1) is 19.4. The lowest BCUT2D eigenvalue weighted by molar-refractivity contribution is -0.133. The molecule has 2 aromatic rings. The number of thioether (sulfide) groups is 1. The van der Waals surface area contributed by atoms with E-state index < -0.39 is 12.0 Å². The van der Waals surface area contributed by atoms with Crippen LogP contribution < -0.4 is 0 Å². The maximum Gasteiger partial charge on any atom is 0.335 e. The van der Waals surface area contributed by atoms with Crippen molar-refractivity contribution in [1.29, 1.82) is 0 Å². The molecule has 1 unspecified atom stereocenters. The molecule has 1 atom stereocenters. The van der Waals surface area contributed by atoms with E-state index in [1.807, 2.05) is 23.2 Å². The number of amidine groups is 1. The summed E-state index contributed by atoms with van der Waals surface area (Å²) in [7, 11) is 0. The number of rotatable bonds is 3. The molecule has 0 aliphatic carbocycles. The van der Waals surface area contributed by atoms with Gasteiger partial charge in [0.15, 0.2) is 5.17 Å². The lowest BCUT2D eigenvalue weighted by Gasteiger charge is -2.32. The fourth-order valence-corrected chi connectivity index (χ4v) is 5.23. The van der Waals surface area contributed by atoms with E-state index in [0.717, 1.165) is 10.5 Å². The van der Waals surface area contributed by atoms with Gasteiger partial charge in [-0.25, -0.2) is 9.79 Å². The van der Waals surface area contributed by atoms with Crippen LogP contribution in [0, 0.1) is 0 Å². The Labute approximate surface area is 181 Å². The van der Waals surface area contributed by atoms with E-state index in [0.29, 0.717) is 31.5 Å². The predicted molar refractivity (Wildman–Crippen MR) is 116 cm³/mol. The summed E-state index contributed by atoms with van der Waals surface area (Å²) in [5, 5.41) is 12.1. The third kappa shape index (κ3) is 3.33. The Morgan fingerprint density at radius 1 is 1.11 bits per heavy atom. The summed E-state index contributed by atoms with van der Waals surface area (Å²) in [6.45, 7) is 1.71. The summed E-state index contributed by atoms with van der Waals surface area (Å²) in [4.78, 5) is 19.2. The summed E-state index contributed by atoms with van der Waals surface area (Å²) in [6.07, 6.45) is 1.85. The van der Waals surface area contributed by atoms with Crippen LogP contribution in [0.25, 0.3) is 4.91 Å². The van der Waals surface area contributed by atoms with E-state index in [9.17, 15) is 9.90 Å². The summed E-state index contributed by atoms with van der Waals surface area (Å²) < 4.78 is 0. The molecule has 2 aliphatic rings. The van der Waals surface area contributed by atoms with Gasteiger partial charge in [-0.05, 0) is 48.5 Å². The third-order valence-corrected chi connectivity index (χ3v) is 6.40. The second-order valence-electron chi connectivity index (χ2n) is 6.25. The molecule has 4 nitrogen and oxygen atoms in total. The number of allylic oxidation sites excluding steroid dienone is 1. The molecule has 1 N–H and O–H groups in total. The molecule has 28 heavy (non-hydrogen) atoms. The van der Waals surface area contributed by atoms with Gasteiger partial charge in [0.05, 0.1) is 27.4 Å². The van der Waals surface area contributed by atoms with Gasteiger partial charge in [0.2, 0.25) is 0 Å². The SMILES string of the molecule is CC1=C(C(=O)O)C(c2ccc(Cl)cc2)N2C=C(c3c(Cl)cccc3Cl)SC2=N1. The van der Waals surface area contributed by atoms with Crippen molar-refractivity contribution < 1.29 is 9.90 Å². The minimum atomic E-state index is -1.01. The summed E-state index contributed by atoms with van der Waals surface area (Å²) in [6, 6.07) is 11.9. The standard InChI is InChI=1S/C20H13Cl3N2O2S/c1-10-16(19(26)27)18(11-5-7-12(21)8-6-11)25-9-15(28-20(25)24-10)17-13(22)3-2-4-14(17)23/h2-9,18H,1H3,(H,26,27). The van der Waals surface area contributed by atoms with Crippen LogP contribution in [0.15, 0.2) is 64.9 Å². The molecule has 0 bridgehead atoms. The Morgan fingerprint density at radius 3 is 2.36 bits per heavy atom. The van der Waals surface area contributed by atoms with E-state index in [1.165, 1.54) is 11.8 Å². The normalized spacial score (nSPS) is 18.7. The lowest BCUT2D eigenvalue weighted by atomic mass is 9.95. The summed E-state index contributed by atoms with van der Waals surface area (Å²) >= 11 is 20.2. The van der Waals surface area contributed by atoms with Gasteiger partial charge < -0.3 is 10.0 Å². The summed E-state index contributed by atoms with van der Waals surface area (Å²) in [5.41, 5.74) is 2.19. The average molecular weight is 452 g/mol. The number of halogens is 3. The van der Waals surface area contributed by atoms with Crippen molar-refractivity contribution in [2.24, 2.45) is 4.99 Å². The van der Waals surface area contributed by atoms with Gasteiger partial charge in [0.25, 0.3) is 0 Å². The van der Waals surface area contributed by atoms with Gasteiger partial charge in [0, 0.05) is 21.7 Å². The monoisotopic (exact) mass is 450 g/mol. The number of carbonyl (C=O) groups is 1. The van der Waals surface area contributed by atoms with Crippen molar-refractivity contribution in [3.63, 3.8) is 0 Å². The fourth-order valence-electron chi connectivity index (χ4n) is 3.26. The second kappa shape index (κ2) is 7.48. The number of carboxylic acids is 1. The first-order chi connectivity index (χ1) is 13.4. The van der Waals surface area contributed by atoms with Crippen LogP contribution in [0.3, 0.4) is 0 Å². The molecule has 0 aromatic heterocycles. The van der Waals surface area contributed by atoms with Gasteiger partial charge in [0.1, 0.15) is 0 Å². The zero-order valence-corrected chi connectivity index (χ0v) is 17.6. The molecule has 0 radical (unpaired) electrons. The van der Waals surface area contributed by atoms with Crippen LogP contribution in [0.1, 0.15) is 24.1 Å². The minimum absolute atomic E-state index is 0.217. The van der Waals surface area contributed by atoms with Gasteiger partial charge in [-0.3, -0.25) is 0 Å². The second-order valence-corrected chi connectivity index (χ2v) is 8.51. The van der Waals surface area contributed by atoms with Crippen LogP contribution in [-0.2, 0) is 4.79 Å². The Balaban J connectivity index is 1.86. The van der Waals surface area contributed by atoms with Crippen molar-refractivity contribution in [3.05, 3.63) is 86.1 Å². The van der Waals surface area contributed by atoms with E-state index in [4.69, 9.17) is 34.8 Å². The van der Waals surface area contributed by atoms with Crippen LogP contribution in [-0.4, -0.2) is 21.1 Å². The highest BCUT2D eigenvalue weighted by Crippen LogP contribution is 2.48. The van der Waals surface area contributed by atoms with Crippen LogP contribution in [0.5, 0.6) is 0 Å². The highest BCUT2D eigenvalue weighted by molar-refractivity contribution is 8.22. The number of hydrogen-bond donors (Lipinski definition) is 1. The molecule has 0 saturated heterocycles. The Kier molecular flexibility index (Phi) is 5.19. The molecule has 4 rings (SSSR count). The number of hydrogen-bond acceptors (Lipinski definition) is 4. The quantitative estimate of drug-likeness (QED) is 0.581. The summed E-state index contributed by atoms with van der Waals surface area (Å²) in [5.74, 6) is -1.01. The molecule has 8 heteroatoms. The molecular formula is C20H13Cl3N2O2S. The highest BCUT2D eigenvalue weighted by atomic mass is 35.5. The highest BCUT2D eigenvalue weighted by Gasteiger charge is 2.39. The van der Waals surface area contributed by atoms with Crippen molar-refractivity contribution >= 4 is 62.6 Å². The number of aliphatic carboxylic acids is 1. The van der Waals surface area contributed by atoms with Gasteiger partial charge in [-0.15, -0.1) is 0 Å². The first-order valence-corrected chi connectivity index (χ1v) is 10.2. The smallest absolute Gasteiger partial charge is 0.335 e. The maximum atomic E-state index is 12.0. The molecule has 0 amide bonds. The van der Waals surface area contributed by atoms with E-state index >= 15 is 0 Å². The predicted octanol–water partition coefficient (Wildman–Crippen LogP) is 6.46. The van der Waals surface area contributed by atoms with Crippen LogP contribution in [0.2, 0.25) is 15.1 Å². The van der Waals surface area contributed by atoms with Gasteiger partial charge in [-0.2, -0.15) is 0 Å². The molecule has 0 saturated carbocycles. The molecule has 2 aromatic carbocycles. The van der Waals surface area contributed by atoms with E-state index in [1.54, 1.807) is 37.3 Å². The molecule has 0 spiro atoms. The molecule has 2 aliphatic heterocycles. The molecule has 0 fully saturated rings. The fraction of sp³-hybridized carbons (Fsp3) is 0.100. The van der Waals surface area contributed by atoms with Crippen LogP contribution >= 0.6 is 46.6 Å². The van der Waals surface area contributed by atoms with Crippen LogP contribution in [0.4, 0.5) is 0 Å². The van der Waals surface area contributed by atoms with Crippen molar-refractivity contribution in [2.75, 3.05) is 0 Å². The largest absolute Gasteiger partial charge is 0.478 e. The Hall–Kier alpha value is -1.92. The van der Waals surface area contributed by atoms with E-state index in [-0.39, 0.29) is 5.57 Å². The molecular weight excluding hydrogens is 439 g/mol. The zero-order chi connectivity index (χ0) is 20.0. The van der Waals surface area contributed by atoms with Crippen molar-refractivity contribution in [1.82, 2.24) is 4.90 Å². The lowest BCUT2D eigenvalue weighted by Crippen LogP contribution is -2.33. The Morgan fingerprint density at radius 2 is 1.75 bits per heavy atom. The number of carboxylic acid groups (broad SMARTS) is 1. The molecule has 2 heterocycles. The van der Waals surface area contributed by atoms with E-state index in [2.05, 4.69) is 4.99 Å². The van der Waals surface area contributed by atoms with Crippen molar-refractivity contribution in [3.8, 4) is 0 Å². The third-order valence-electron chi connectivity index (χ3n) is 4.51. The minimum Gasteiger partial charge on any atom is -0.478 e. The van der Waals surface area contributed by atoms with Crippen molar-refractivity contribution in [2.45, 2.75) is 13.0 Å². The number of fused-ring (bicyclic) bond motifs is 1. The average Bonchev–Trinajstić information content (AvgIpc) is 3.04. The number of benzene rings is 2. The maximum absolute atomic E-state index is 12.0. The Bertz CT molecular complexity index is 1060. The zero-order valence-electron chi connectivity index (χ0n) is 14.5. The topological polar surface area (TPSA) is 52.9 Å². The number of aliphatic imine (C=N–C) groups is 1.